The number of hydrogen-bond donors (Lipinski definition) is 1. The number of aromatic nitrogens is 2. The average Bonchev–Trinajstić information content (AvgIpc) is 3.35. The topological polar surface area (TPSA) is 116 Å². The third-order valence-electron chi connectivity index (χ3n) is 5.03. The van der Waals surface area contributed by atoms with Gasteiger partial charge in [-0.3, -0.25) is 10.1 Å². The van der Waals surface area contributed by atoms with Gasteiger partial charge in [0.2, 0.25) is 15.9 Å². The normalized spacial score (nSPS) is 11.5. The number of rotatable bonds is 10. The van der Waals surface area contributed by atoms with E-state index < -0.39 is 27.8 Å². The van der Waals surface area contributed by atoms with Crippen molar-refractivity contribution < 1.29 is 36.9 Å². The first-order valence-corrected chi connectivity index (χ1v) is 11.8. The van der Waals surface area contributed by atoms with Crippen LogP contribution < -0.4 is 24.3 Å². The zero-order chi connectivity index (χ0) is 27.9. The van der Waals surface area contributed by atoms with Crippen LogP contribution >= 0.6 is 11.3 Å². The van der Waals surface area contributed by atoms with Crippen molar-refractivity contribution in [1.82, 2.24) is 10.2 Å². The maximum atomic E-state index is 12.7. The highest BCUT2D eigenvalue weighted by Crippen LogP contribution is 2.39. The molecule has 0 unspecified atom stereocenters. The van der Waals surface area contributed by atoms with Gasteiger partial charge in [0, 0.05) is 0 Å². The number of alkyl halides is 3. The molecule has 2 aromatic carbocycles. The molecule has 0 radical (unpaired) electrons. The molecule has 0 aliphatic heterocycles. The molecule has 3 aromatic rings. The van der Waals surface area contributed by atoms with Crippen LogP contribution in [-0.4, -0.2) is 43.5 Å². The van der Waals surface area contributed by atoms with E-state index in [1.807, 2.05) is 32.0 Å². The van der Waals surface area contributed by atoms with E-state index in [2.05, 4.69) is 15.5 Å². The van der Waals surface area contributed by atoms with E-state index in [-0.39, 0.29) is 41.8 Å². The minimum atomic E-state index is -4.70. The quantitative estimate of drug-likeness (QED) is 0.209. The molecule has 200 valence electrons. The smallest absolute Gasteiger partial charge is 0.445 e. The summed E-state index contributed by atoms with van der Waals surface area (Å²) in [5.74, 6) is 0.632. The molecule has 1 amide bonds. The fourth-order valence-electron chi connectivity index (χ4n) is 3.31. The van der Waals surface area contributed by atoms with Gasteiger partial charge in [0.15, 0.2) is 11.5 Å². The number of benzene rings is 2. The maximum absolute atomic E-state index is 12.7. The number of nitriles is 1. The van der Waals surface area contributed by atoms with Crippen molar-refractivity contribution in [2.45, 2.75) is 20.0 Å². The van der Waals surface area contributed by atoms with Crippen LogP contribution in [0.3, 0.4) is 0 Å². The minimum absolute atomic E-state index is 0.143. The fraction of sp³-hybridized carbons (Fsp3) is 0.280. The van der Waals surface area contributed by atoms with E-state index in [1.54, 1.807) is 6.07 Å². The summed E-state index contributed by atoms with van der Waals surface area (Å²) in [4.78, 5) is 12.5. The third kappa shape index (κ3) is 6.92. The first-order chi connectivity index (χ1) is 18.1. The summed E-state index contributed by atoms with van der Waals surface area (Å²) in [6.07, 6.45) is -3.48. The predicted octanol–water partition coefficient (Wildman–Crippen LogP) is 5.19. The second kappa shape index (κ2) is 12.3. The van der Waals surface area contributed by atoms with Crippen LogP contribution in [0.4, 0.5) is 18.3 Å². The van der Waals surface area contributed by atoms with Gasteiger partial charge in [-0.1, -0.05) is 29.5 Å². The molecule has 0 aliphatic rings. The number of ether oxygens (including phenoxy) is 4. The number of nitrogens with one attached hydrogen (secondary N) is 1. The molecule has 0 bridgehead atoms. The highest BCUT2D eigenvalue weighted by Gasteiger charge is 2.36. The SMILES string of the molecule is COc1cc(C=C(C#N)C(=O)Nc2nnc(C(F)(F)F)s2)cc(OC)c1OCCOc1c(C)cccc1C. The molecule has 0 fully saturated rings. The minimum Gasteiger partial charge on any atom is -0.493 e. The number of para-hydroxylation sites is 1. The molecule has 0 spiro atoms. The molecule has 0 atom stereocenters. The Balaban J connectivity index is 1.75. The van der Waals surface area contributed by atoms with Gasteiger partial charge < -0.3 is 18.9 Å². The van der Waals surface area contributed by atoms with Crippen LogP contribution in [0.2, 0.25) is 0 Å². The number of methoxy groups -OCH3 is 2. The summed E-state index contributed by atoms with van der Waals surface area (Å²) in [5.41, 5.74) is 1.95. The monoisotopic (exact) mass is 548 g/mol. The molecule has 1 N–H and O–H groups in total. The van der Waals surface area contributed by atoms with Crippen LogP contribution in [0.5, 0.6) is 23.0 Å². The van der Waals surface area contributed by atoms with E-state index in [0.29, 0.717) is 5.56 Å². The average molecular weight is 549 g/mol. The second-order valence-electron chi connectivity index (χ2n) is 7.71. The lowest BCUT2D eigenvalue weighted by Crippen LogP contribution is -2.13. The molecule has 1 heterocycles. The van der Waals surface area contributed by atoms with Crippen molar-refractivity contribution in [3.63, 3.8) is 0 Å². The molecule has 9 nitrogen and oxygen atoms in total. The molecule has 0 saturated carbocycles. The van der Waals surface area contributed by atoms with Crippen LogP contribution in [0.25, 0.3) is 6.08 Å². The molecule has 3 rings (SSSR count). The van der Waals surface area contributed by atoms with Crippen molar-refractivity contribution in [3.05, 3.63) is 57.6 Å². The van der Waals surface area contributed by atoms with Gasteiger partial charge in [-0.2, -0.15) is 18.4 Å². The summed E-state index contributed by atoms with van der Waals surface area (Å²) in [6, 6.07) is 10.6. The van der Waals surface area contributed by atoms with Gasteiger partial charge in [-0.05, 0) is 48.7 Å². The van der Waals surface area contributed by atoms with Crippen molar-refractivity contribution >= 4 is 28.5 Å². The van der Waals surface area contributed by atoms with Crippen LogP contribution in [0, 0.1) is 25.2 Å². The Kier molecular flexibility index (Phi) is 9.14. The summed E-state index contributed by atoms with van der Waals surface area (Å²) >= 11 is 0.143. The van der Waals surface area contributed by atoms with E-state index in [9.17, 15) is 23.2 Å². The first-order valence-electron chi connectivity index (χ1n) is 11.0. The summed E-state index contributed by atoms with van der Waals surface area (Å²) in [7, 11) is 2.82. The Labute approximate surface area is 220 Å². The maximum Gasteiger partial charge on any atom is 0.445 e. The standard InChI is InChI=1S/C25H23F3N4O5S/c1-14-6-5-7-15(2)20(14)36-8-9-37-21-18(34-3)11-16(12-19(21)35-4)10-17(13-29)22(33)30-24-32-31-23(38-24)25(26,27)28/h5-7,10-12H,8-9H2,1-4H3,(H,30,32,33). The van der Waals surface area contributed by atoms with Crippen molar-refractivity contribution in [1.29, 1.82) is 5.26 Å². The van der Waals surface area contributed by atoms with E-state index >= 15 is 0 Å². The predicted molar refractivity (Wildman–Crippen MR) is 134 cm³/mol. The lowest BCUT2D eigenvalue weighted by Gasteiger charge is -2.16. The van der Waals surface area contributed by atoms with E-state index in [0.717, 1.165) is 16.9 Å². The number of aryl methyl sites for hydroxylation is 2. The van der Waals surface area contributed by atoms with E-state index in [1.165, 1.54) is 32.4 Å². The summed E-state index contributed by atoms with van der Waals surface area (Å²) in [6.45, 7) is 4.32. The Morgan fingerprint density at radius 2 is 1.63 bits per heavy atom. The number of anilines is 1. The number of hydrogen-bond acceptors (Lipinski definition) is 9. The third-order valence-corrected chi connectivity index (χ3v) is 5.92. The molecule has 0 saturated heterocycles. The van der Waals surface area contributed by atoms with Crippen LogP contribution in [-0.2, 0) is 11.0 Å². The van der Waals surface area contributed by atoms with Gasteiger partial charge in [-0.15, -0.1) is 10.2 Å². The number of halogens is 3. The Morgan fingerprint density at radius 1 is 1.05 bits per heavy atom. The van der Waals surface area contributed by atoms with Crippen molar-refractivity contribution in [3.8, 4) is 29.1 Å². The molecular formula is C25H23F3N4O5S. The summed E-state index contributed by atoms with van der Waals surface area (Å²) in [5, 5.41) is 16.3. The zero-order valence-electron chi connectivity index (χ0n) is 20.8. The fourth-order valence-corrected chi connectivity index (χ4v) is 3.91. The van der Waals surface area contributed by atoms with Gasteiger partial charge in [0.25, 0.3) is 5.91 Å². The Bertz CT molecular complexity index is 1340. The molecule has 1 aromatic heterocycles. The van der Waals surface area contributed by atoms with Gasteiger partial charge in [-0.25, -0.2) is 0 Å². The zero-order valence-corrected chi connectivity index (χ0v) is 21.6. The second-order valence-corrected chi connectivity index (χ2v) is 8.68. The van der Waals surface area contributed by atoms with E-state index in [4.69, 9.17) is 18.9 Å². The van der Waals surface area contributed by atoms with Gasteiger partial charge in [0.05, 0.1) is 14.2 Å². The number of carbonyl (C=O) groups excluding carboxylic acids is 1. The van der Waals surface area contributed by atoms with Crippen LogP contribution in [0.1, 0.15) is 21.7 Å². The Morgan fingerprint density at radius 3 is 2.13 bits per heavy atom. The first kappa shape index (κ1) is 28.3. The number of carbonyl (C=O) groups is 1. The van der Waals surface area contributed by atoms with Crippen LogP contribution in [0.15, 0.2) is 35.9 Å². The van der Waals surface area contributed by atoms with Crippen molar-refractivity contribution in [2.24, 2.45) is 0 Å². The van der Waals surface area contributed by atoms with Gasteiger partial charge >= 0.3 is 6.18 Å². The lowest BCUT2D eigenvalue weighted by molar-refractivity contribution is -0.138. The number of nitrogens with zero attached hydrogens (tertiary/aromatic N) is 3. The number of amides is 1. The Hall–Kier alpha value is -4.31. The van der Waals surface area contributed by atoms with Crippen molar-refractivity contribution in [2.75, 3.05) is 32.8 Å². The molecule has 13 heteroatoms. The highest BCUT2D eigenvalue weighted by atomic mass is 32.1. The molecule has 0 aliphatic carbocycles. The molecule has 38 heavy (non-hydrogen) atoms. The lowest BCUT2D eigenvalue weighted by atomic mass is 10.1. The largest absolute Gasteiger partial charge is 0.493 e. The molecular weight excluding hydrogens is 525 g/mol. The summed E-state index contributed by atoms with van der Waals surface area (Å²) < 4.78 is 60.7. The van der Waals surface area contributed by atoms with Gasteiger partial charge in [0.1, 0.15) is 30.6 Å². The highest BCUT2D eigenvalue weighted by molar-refractivity contribution is 7.15.